The Balaban J connectivity index is 1.87. The van der Waals surface area contributed by atoms with E-state index in [-0.39, 0.29) is 17.9 Å². The minimum atomic E-state index is -0.705. The molecule has 0 saturated carbocycles. The van der Waals surface area contributed by atoms with Crippen LogP contribution in [0.3, 0.4) is 0 Å². The van der Waals surface area contributed by atoms with E-state index in [4.69, 9.17) is 9.47 Å². The van der Waals surface area contributed by atoms with Gasteiger partial charge in [0.15, 0.2) is 0 Å². The molecular weight excluding hydrogens is 304 g/mol. The second-order valence-corrected chi connectivity index (χ2v) is 7.25. The summed E-state index contributed by atoms with van der Waals surface area (Å²) in [5.74, 6) is 0.513. The van der Waals surface area contributed by atoms with E-state index in [9.17, 15) is 4.79 Å². The molecule has 0 unspecified atom stereocenters. The van der Waals surface area contributed by atoms with Gasteiger partial charge in [-0.25, -0.2) is 0 Å². The molecule has 1 aromatic carbocycles. The maximum Gasteiger partial charge on any atom is 0.320 e. The molecule has 2 fully saturated rings. The van der Waals surface area contributed by atoms with Crippen LogP contribution in [0, 0.1) is 11.8 Å². The smallest absolute Gasteiger partial charge is 0.320 e. The number of methoxy groups -OCH3 is 1. The van der Waals surface area contributed by atoms with Crippen molar-refractivity contribution in [2.24, 2.45) is 11.8 Å². The average molecular weight is 326 g/mol. The number of nitrogens with one attached hydrogen (secondary N) is 2. The molecule has 2 aliphatic heterocycles. The Morgan fingerprint density at radius 2 is 2.21 bits per heavy atom. The molecule has 0 amide bonds. The van der Waals surface area contributed by atoms with E-state index in [1.165, 1.54) is 18.1 Å². The Morgan fingerprint density at radius 1 is 1.33 bits per heavy atom. The second kappa shape index (κ2) is 5.07. The molecule has 2 N–H and O–H groups in total. The van der Waals surface area contributed by atoms with Gasteiger partial charge in [0.05, 0.1) is 13.7 Å². The zero-order valence-electron chi connectivity index (χ0n) is 13.8. The number of rotatable bonds is 1. The minimum Gasteiger partial charge on any atom is -0.468 e. The lowest BCUT2D eigenvalue weighted by molar-refractivity contribution is -0.155. The van der Waals surface area contributed by atoms with Crippen LogP contribution in [0.4, 0.5) is 0 Å². The standard InChI is InChI=1S/C19H22N2O3/c1-23-18(22)19-10-24-9-7-11-13(19)6-8-20-16(11)15-12-4-2-3-5-14(12)21-17(15)19/h2-5,11,13,16,20-21H,6-10H2,1H3/t11-,13-,16+,19-/m0/s1. The zero-order chi connectivity index (χ0) is 16.3. The van der Waals surface area contributed by atoms with E-state index in [2.05, 4.69) is 28.5 Å². The Bertz CT molecular complexity index is 814. The van der Waals surface area contributed by atoms with Gasteiger partial charge in [-0.1, -0.05) is 18.2 Å². The molecule has 4 atom stereocenters. The van der Waals surface area contributed by atoms with Crippen molar-refractivity contribution < 1.29 is 14.3 Å². The summed E-state index contributed by atoms with van der Waals surface area (Å²) < 4.78 is 11.3. The van der Waals surface area contributed by atoms with E-state index in [1.807, 2.05) is 6.07 Å². The van der Waals surface area contributed by atoms with E-state index in [1.54, 1.807) is 0 Å². The van der Waals surface area contributed by atoms with Crippen molar-refractivity contribution in [3.05, 3.63) is 35.5 Å². The lowest BCUT2D eigenvalue weighted by Crippen LogP contribution is -2.58. The van der Waals surface area contributed by atoms with Gasteiger partial charge in [-0.05, 0) is 42.9 Å². The third-order valence-corrected chi connectivity index (χ3v) is 6.38. The highest BCUT2D eigenvalue weighted by atomic mass is 16.5. The first kappa shape index (κ1) is 14.5. The fourth-order valence-corrected chi connectivity index (χ4v) is 5.44. The highest BCUT2D eigenvalue weighted by molar-refractivity contribution is 5.92. The van der Waals surface area contributed by atoms with Gasteiger partial charge in [0.25, 0.3) is 0 Å². The number of hydrogen-bond donors (Lipinski definition) is 2. The van der Waals surface area contributed by atoms with Crippen LogP contribution in [0.1, 0.15) is 30.1 Å². The lowest BCUT2D eigenvalue weighted by atomic mass is 9.57. The molecule has 3 heterocycles. The summed E-state index contributed by atoms with van der Waals surface area (Å²) in [5, 5.41) is 4.93. The number of H-pyrrole nitrogens is 1. The quantitative estimate of drug-likeness (QED) is 0.789. The van der Waals surface area contributed by atoms with Crippen molar-refractivity contribution in [2.45, 2.75) is 24.3 Å². The van der Waals surface area contributed by atoms with E-state index in [0.717, 1.165) is 30.6 Å². The highest BCUT2D eigenvalue weighted by Crippen LogP contribution is 2.56. The SMILES string of the molecule is COC(=O)[C@@]12COCC[C@@H]3[C@@H](NCC[C@@H]31)c1c2[nH]c2ccccc12. The molecule has 5 nitrogen and oxygen atoms in total. The predicted molar refractivity (Wildman–Crippen MR) is 89.8 cm³/mol. The Morgan fingerprint density at radius 3 is 3.08 bits per heavy atom. The van der Waals surface area contributed by atoms with Gasteiger partial charge < -0.3 is 19.8 Å². The summed E-state index contributed by atoms with van der Waals surface area (Å²) in [6.45, 7) is 2.05. The molecule has 2 saturated heterocycles. The van der Waals surface area contributed by atoms with Crippen LogP contribution in [0.2, 0.25) is 0 Å². The van der Waals surface area contributed by atoms with Gasteiger partial charge >= 0.3 is 5.97 Å². The first-order valence-corrected chi connectivity index (χ1v) is 8.78. The number of aromatic nitrogens is 1. The number of aromatic amines is 1. The van der Waals surface area contributed by atoms with Gasteiger partial charge in [-0.2, -0.15) is 0 Å². The maximum atomic E-state index is 13.0. The van der Waals surface area contributed by atoms with Crippen molar-refractivity contribution in [1.29, 1.82) is 0 Å². The molecule has 1 aliphatic carbocycles. The molecule has 5 heteroatoms. The fraction of sp³-hybridized carbons (Fsp3) is 0.526. The summed E-state index contributed by atoms with van der Waals surface area (Å²) >= 11 is 0. The molecule has 4 bridgehead atoms. The van der Waals surface area contributed by atoms with E-state index < -0.39 is 5.41 Å². The molecule has 0 spiro atoms. The van der Waals surface area contributed by atoms with Crippen molar-refractivity contribution in [3.63, 3.8) is 0 Å². The summed E-state index contributed by atoms with van der Waals surface area (Å²) in [6, 6.07) is 8.62. The number of fused-ring (bicyclic) bond motifs is 5. The van der Waals surface area contributed by atoms with Crippen LogP contribution in [0.15, 0.2) is 24.3 Å². The number of esters is 1. The number of carbonyl (C=O) groups excluding carboxylic acids is 1. The van der Waals surface area contributed by atoms with E-state index >= 15 is 0 Å². The fourth-order valence-electron chi connectivity index (χ4n) is 5.44. The predicted octanol–water partition coefficient (Wildman–Crippen LogP) is 2.28. The normalized spacial score (nSPS) is 34.5. The summed E-state index contributed by atoms with van der Waals surface area (Å²) in [4.78, 5) is 16.6. The first-order chi connectivity index (χ1) is 11.8. The number of hydrogen-bond acceptors (Lipinski definition) is 4. The number of ether oxygens (including phenoxy) is 2. The number of benzene rings is 1. The van der Waals surface area contributed by atoms with Crippen molar-refractivity contribution in [1.82, 2.24) is 10.3 Å². The van der Waals surface area contributed by atoms with Crippen LogP contribution >= 0.6 is 0 Å². The highest BCUT2D eigenvalue weighted by Gasteiger charge is 2.60. The maximum absolute atomic E-state index is 13.0. The van der Waals surface area contributed by atoms with E-state index in [0.29, 0.717) is 19.1 Å². The zero-order valence-corrected chi connectivity index (χ0v) is 13.8. The Kier molecular flexibility index (Phi) is 3.06. The lowest BCUT2D eigenvalue weighted by Gasteiger charge is -2.50. The summed E-state index contributed by atoms with van der Waals surface area (Å²) in [7, 11) is 1.49. The van der Waals surface area contributed by atoms with Crippen LogP contribution in [-0.4, -0.2) is 37.8 Å². The first-order valence-electron chi connectivity index (χ1n) is 8.78. The number of para-hydroxylation sites is 1. The van der Waals surface area contributed by atoms with Gasteiger partial charge in [0, 0.05) is 29.2 Å². The van der Waals surface area contributed by atoms with Gasteiger partial charge in [0.1, 0.15) is 5.41 Å². The second-order valence-electron chi connectivity index (χ2n) is 7.25. The molecule has 0 radical (unpaired) electrons. The molecule has 1 aromatic heterocycles. The van der Waals surface area contributed by atoms with Crippen LogP contribution in [0.5, 0.6) is 0 Å². The van der Waals surface area contributed by atoms with Crippen molar-refractivity contribution in [3.8, 4) is 0 Å². The average Bonchev–Trinajstić information content (AvgIpc) is 2.91. The topological polar surface area (TPSA) is 63.4 Å². The van der Waals surface area contributed by atoms with Crippen LogP contribution in [-0.2, 0) is 19.7 Å². The Labute approximate surface area is 140 Å². The third-order valence-electron chi connectivity index (χ3n) is 6.38. The summed E-state index contributed by atoms with van der Waals surface area (Å²) in [6.07, 6.45) is 1.97. The molecule has 2 aromatic rings. The molecule has 3 aliphatic rings. The number of piperidine rings is 1. The van der Waals surface area contributed by atoms with Gasteiger partial charge in [-0.3, -0.25) is 4.79 Å². The molecule has 5 rings (SSSR count). The molecule has 24 heavy (non-hydrogen) atoms. The molecular formula is C19H22N2O3. The largest absolute Gasteiger partial charge is 0.468 e. The van der Waals surface area contributed by atoms with Crippen LogP contribution in [0.25, 0.3) is 10.9 Å². The minimum absolute atomic E-state index is 0.160. The van der Waals surface area contributed by atoms with Crippen LogP contribution < -0.4 is 5.32 Å². The third kappa shape index (κ3) is 1.64. The van der Waals surface area contributed by atoms with Crippen molar-refractivity contribution >= 4 is 16.9 Å². The molecule has 126 valence electrons. The van der Waals surface area contributed by atoms with Crippen molar-refractivity contribution in [2.75, 3.05) is 26.9 Å². The summed E-state index contributed by atoms with van der Waals surface area (Å²) in [5.41, 5.74) is 2.64. The van der Waals surface area contributed by atoms with Gasteiger partial charge in [-0.15, -0.1) is 0 Å². The van der Waals surface area contributed by atoms with Gasteiger partial charge in [0.2, 0.25) is 0 Å². The monoisotopic (exact) mass is 326 g/mol. The Hall–Kier alpha value is -1.85. The number of carbonyl (C=O) groups is 1.